The minimum atomic E-state index is -4.01. The van der Waals surface area contributed by atoms with Gasteiger partial charge in [0.15, 0.2) is 0 Å². The van der Waals surface area contributed by atoms with Gasteiger partial charge in [-0.25, -0.2) is 22.3 Å². The molecule has 0 fully saturated rings. The molecule has 144 valence electrons. The molecule has 2 amide bonds. The van der Waals surface area contributed by atoms with E-state index < -0.39 is 16.1 Å². The van der Waals surface area contributed by atoms with Gasteiger partial charge in [-0.3, -0.25) is 0 Å². The summed E-state index contributed by atoms with van der Waals surface area (Å²) in [5.41, 5.74) is 1.25. The molecule has 6 nitrogen and oxygen atoms in total. The molecule has 0 aliphatic heterocycles. The zero-order valence-corrected chi connectivity index (χ0v) is 15.9. The van der Waals surface area contributed by atoms with Crippen molar-refractivity contribution in [3.63, 3.8) is 0 Å². The number of benzene rings is 3. The lowest BCUT2D eigenvalue weighted by molar-refractivity contribution is 0.256. The van der Waals surface area contributed by atoms with Crippen LogP contribution in [0.25, 0.3) is 0 Å². The predicted octanol–water partition coefficient (Wildman–Crippen LogP) is 4.73. The summed E-state index contributed by atoms with van der Waals surface area (Å²) in [5.74, 6) is -0.388. The van der Waals surface area contributed by atoms with Gasteiger partial charge in [0.25, 0.3) is 10.0 Å². The topological polar surface area (TPSA) is 87.3 Å². The van der Waals surface area contributed by atoms with Crippen molar-refractivity contribution in [3.8, 4) is 0 Å². The van der Waals surface area contributed by atoms with Gasteiger partial charge in [0.2, 0.25) is 0 Å². The van der Waals surface area contributed by atoms with E-state index >= 15 is 0 Å². The Kier molecular flexibility index (Phi) is 5.81. The molecular weight excluding hydrogens is 405 g/mol. The van der Waals surface area contributed by atoms with Crippen molar-refractivity contribution in [3.05, 3.63) is 83.6 Å². The lowest BCUT2D eigenvalue weighted by Crippen LogP contribution is -2.34. The lowest BCUT2D eigenvalue weighted by Gasteiger charge is -2.14. The summed E-state index contributed by atoms with van der Waals surface area (Å²) in [6.45, 7) is 0. The van der Waals surface area contributed by atoms with E-state index in [4.69, 9.17) is 11.6 Å². The van der Waals surface area contributed by atoms with Crippen molar-refractivity contribution in [2.45, 2.75) is 4.90 Å². The first-order valence-electron chi connectivity index (χ1n) is 8.04. The molecule has 9 heteroatoms. The first-order chi connectivity index (χ1) is 13.3. The van der Waals surface area contributed by atoms with Gasteiger partial charge in [-0.2, -0.15) is 0 Å². The van der Waals surface area contributed by atoms with Crippen LogP contribution >= 0.6 is 11.6 Å². The number of anilines is 3. The minimum absolute atomic E-state index is 0.0362. The fourth-order valence-corrected chi connectivity index (χ4v) is 3.45. The molecule has 0 saturated carbocycles. The number of carbonyl (C=O) groups excluding carboxylic acids is 1. The van der Waals surface area contributed by atoms with Crippen LogP contribution in [-0.2, 0) is 10.0 Å². The Bertz CT molecular complexity index is 1090. The fraction of sp³-hybridized carbons (Fsp3) is 0. The summed E-state index contributed by atoms with van der Waals surface area (Å²) >= 11 is 6.01. The van der Waals surface area contributed by atoms with E-state index in [-0.39, 0.29) is 16.4 Å². The molecule has 3 N–H and O–H groups in total. The number of hydrogen-bond acceptors (Lipinski definition) is 4. The van der Waals surface area contributed by atoms with Gasteiger partial charge in [-0.1, -0.05) is 29.8 Å². The van der Waals surface area contributed by atoms with E-state index in [1.165, 1.54) is 42.5 Å². The second kappa shape index (κ2) is 8.28. The highest BCUT2D eigenvalue weighted by molar-refractivity contribution is 7.90. The van der Waals surface area contributed by atoms with Crippen molar-refractivity contribution in [1.29, 1.82) is 0 Å². The molecule has 0 bridgehead atoms. The Hall–Kier alpha value is -3.10. The molecule has 0 spiro atoms. The molecule has 0 unspecified atom stereocenters. The number of sulfonamides is 1. The highest BCUT2D eigenvalue weighted by Crippen LogP contribution is 2.29. The smallest absolute Gasteiger partial charge is 0.333 e. The van der Waals surface area contributed by atoms with Gasteiger partial charge in [-0.05, 0) is 54.6 Å². The van der Waals surface area contributed by atoms with Crippen LogP contribution in [0.3, 0.4) is 0 Å². The van der Waals surface area contributed by atoms with Gasteiger partial charge in [0, 0.05) is 10.7 Å². The van der Waals surface area contributed by atoms with Crippen molar-refractivity contribution >= 4 is 44.7 Å². The maximum Gasteiger partial charge on any atom is 0.333 e. The molecule has 0 heterocycles. The van der Waals surface area contributed by atoms with Crippen LogP contribution in [0, 0.1) is 5.82 Å². The van der Waals surface area contributed by atoms with Crippen LogP contribution in [0.15, 0.2) is 77.7 Å². The molecule has 0 aromatic heterocycles. The van der Waals surface area contributed by atoms with Gasteiger partial charge in [-0.15, -0.1) is 0 Å². The Morgan fingerprint density at radius 1 is 0.893 bits per heavy atom. The second-order valence-corrected chi connectivity index (χ2v) is 7.81. The summed E-state index contributed by atoms with van der Waals surface area (Å²) in [6, 6.07) is 16.8. The van der Waals surface area contributed by atoms with E-state index in [1.54, 1.807) is 30.3 Å². The summed E-state index contributed by atoms with van der Waals surface area (Å²) in [4.78, 5) is 12.2. The number of rotatable bonds is 5. The third kappa shape index (κ3) is 4.99. The maximum absolute atomic E-state index is 13.1. The van der Waals surface area contributed by atoms with Crippen LogP contribution in [0.2, 0.25) is 5.02 Å². The number of urea groups is 1. The molecule has 0 saturated heterocycles. The van der Waals surface area contributed by atoms with Crippen LogP contribution in [0.4, 0.5) is 26.2 Å². The fourth-order valence-electron chi connectivity index (χ4n) is 2.35. The number of amides is 2. The van der Waals surface area contributed by atoms with E-state index in [2.05, 4.69) is 10.6 Å². The van der Waals surface area contributed by atoms with Crippen molar-refractivity contribution in [2.24, 2.45) is 0 Å². The Labute approximate surface area is 166 Å². The zero-order valence-electron chi connectivity index (χ0n) is 14.3. The molecule has 3 rings (SSSR count). The SMILES string of the molecule is O=C(Nc1ccc(Cl)cc1Nc1ccc(F)cc1)NS(=O)(=O)c1ccccc1. The highest BCUT2D eigenvalue weighted by Gasteiger charge is 2.18. The highest BCUT2D eigenvalue weighted by atomic mass is 35.5. The monoisotopic (exact) mass is 419 g/mol. The average Bonchev–Trinajstić information content (AvgIpc) is 2.66. The van der Waals surface area contributed by atoms with Gasteiger partial charge in [0.05, 0.1) is 16.3 Å². The molecular formula is C19H15ClFN3O3S. The first kappa shape index (κ1) is 19.7. The Morgan fingerprint density at radius 3 is 2.25 bits per heavy atom. The van der Waals surface area contributed by atoms with Crippen LogP contribution in [-0.4, -0.2) is 14.4 Å². The molecule has 3 aromatic rings. The van der Waals surface area contributed by atoms with Crippen molar-refractivity contribution in [1.82, 2.24) is 4.72 Å². The third-order valence-corrected chi connectivity index (χ3v) is 5.22. The number of nitrogens with one attached hydrogen (secondary N) is 3. The number of halogens is 2. The normalized spacial score (nSPS) is 10.9. The van der Waals surface area contributed by atoms with E-state index in [9.17, 15) is 17.6 Å². The quantitative estimate of drug-likeness (QED) is 0.557. The van der Waals surface area contributed by atoms with Crippen LogP contribution in [0.1, 0.15) is 0 Å². The maximum atomic E-state index is 13.1. The molecule has 0 atom stereocenters. The van der Waals surface area contributed by atoms with Crippen molar-refractivity contribution in [2.75, 3.05) is 10.6 Å². The van der Waals surface area contributed by atoms with Crippen LogP contribution in [0.5, 0.6) is 0 Å². The third-order valence-electron chi connectivity index (χ3n) is 3.63. The lowest BCUT2D eigenvalue weighted by atomic mass is 10.2. The van der Waals surface area contributed by atoms with Crippen molar-refractivity contribution < 1.29 is 17.6 Å². The Balaban J connectivity index is 1.78. The van der Waals surface area contributed by atoms with E-state index in [0.717, 1.165) is 0 Å². The number of carbonyl (C=O) groups is 1. The van der Waals surface area contributed by atoms with Crippen LogP contribution < -0.4 is 15.4 Å². The molecule has 3 aromatic carbocycles. The van der Waals surface area contributed by atoms with Gasteiger partial charge >= 0.3 is 6.03 Å². The standard InChI is InChI=1S/C19H15ClFN3O3S/c20-13-6-11-17(18(12-13)22-15-9-7-14(21)8-10-15)23-19(25)24-28(26,27)16-4-2-1-3-5-16/h1-12,22H,(H2,23,24,25). The van der Waals surface area contributed by atoms with Gasteiger partial charge in [0.1, 0.15) is 5.82 Å². The minimum Gasteiger partial charge on any atom is -0.354 e. The zero-order chi connectivity index (χ0) is 20.1. The Morgan fingerprint density at radius 2 is 1.57 bits per heavy atom. The molecule has 0 aliphatic carbocycles. The molecule has 0 aliphatic rings. The first-order valence-corrected chi connectivity index (χ1v) is 9.90. The number of hydrogen-bond donors (Lipinski definition) is 3. The molecule has 0 radical (unpaired) electrons. The van der Waals surface area contributed by atoms with Gasteiger partial charge < -0.3 is 10.6 Å². The second-order valence-electron chi connectivity index (χ2n) is 5.69. The largest absolute Gasteiger partial charge is 0.354 e. The summed E-state index contributed by atoms with van der Waals surface area (Å²) in [5, 5.41) is 5.86. The van der Waals surface area contributed by atoms with E-state index in [1.807, 2.05) is 4.72 Å². The predicted molar refractivity (Wildman–Crippen MR) is 107 cm³/mol. The summed E-state index contributed by atoms with van der Waals surface area (Å²) in [7, 11) is -4.01. The van der Waals surface area contributed by atoms with E-state index in [0.29, 0.717) is 16.4 Å². The molecule has 28 heavy (non-hydrogen) atoms. The summed E-state index contributed by atoms with van der Waals surface area (Å²) < 4.78 is 39.5. The average molecular weight is 420 g/mol. The summed E-state index contributed by atoms with van der Waals surface area (Å²) in [6.07, 6.45) is 0.